The fraction of sp³-hybridized carbons (Fsp3) is 0.667. The van der Waals surface area contributed by atoms with Crippen molar-refractivity contribution in [3.8, 4) is 0 Å². The minimum atomic E-state index is 0.263. The average Bonchev–Trinajstić information content (AvgIpc) is 2.15. The predicted molar refractivity (Wildman–Crippen MR) is 63.6 cm³/mol. The third kappa shape index (κ3) is 2.16. The van der Waals surface area contributed by atoms with E-state index in [0.717, 1.165) is 30.4 Å². The topological polar surface area (TPSA) is 49.2 Å². The molecule has 0 spiro atoms. The van der Waals surface area contributed by atoms with Crippen molar-refractivity contribution >= 4 is 5.95 Å². The summed E-state index contributed by atoms with van der Waals surface area (Å²) in [4.78, 5) is 11.1. The van der Waals surface area contributed by atoms with Gasteiger partial charge in [0.05, 0.1) is 0 Å². The van der Waals surface area contributed by atoms with Gasteiger partial charge in [-0.1, -0.05) is 13.8 Å². The van der Waals surface area contributed by atoms with E-state index in [1.165, 1.54) is 0 Å². The molecule has 2 heterocycles. The molecule has 4 heteroatoms. The van der Waals surface area contributed by atoms with Crippen molar-refractivity contribution in [3.63, 3.8) is 0 Å². The van der Waals surface area contributed by atoms with Crippen LogP contribution >= 0.6 is 0 Å². The minimum Gasteiger partial charge on any atom is -0.396 e. The summed E-state index contributed by atoms with van der Waals surface area (Å²) in [7, 11) is 0. The maximum absolute atomic E-state index is 8.98. The molecule has 0 aliphatic carbocycles. The van der Waals surface area contributed by atoms with Crippen molar-refractivity contribution in [2.75, 3.05) is 24.6 Å². The second-order valence-electron chi connectivity index (χ2n) is 4.84. The third-order valence-corrected chi connectivity index (χ3v) is 2.95. The van der Waals surface area contributed by atoms with Crippen molar-refractivity contribution in [1.82, 2.24) is 9.97 Å². The Morgan fingerprint density at radius 2 is 2.12 bits per heavy atom. The van der Waals surface area contributed by atoms with Crippen LogP contribution in [0.25, 0.3) is 0 Å². The van der Waals surface area contributed by atoms with Gasteiger partial charge in [-0.15, -0.1) is 0 Å². The quantitative estimate of drug-likeness (QED) is 0.836. The molecule has 0 saturated carbocycles. The average molecular weight is 221 g/mol. The lowest BCUT2D eigenvalue weighted by atomic mass is 10.0. The number of aliphatic hydroxyl groups is 1. The molecule has 88 valence electrons. The molecule has 0 atom stereocenters. The van der Waals surface area contributed by atoms with E-state index < -0.39 is 0 Å². The van der Waals surface area contributed by atoms with Gasteiger partial charge >= 0.3 is 0 Å². The standard InChI is InChI=1S/C12H19N3O/c1-8(2)11-4-9(3)13-12(14-11)15-5-10(6-15)7-16/h4,8,10,16H,5-7H2,1-3H3. The van der Waals surface area contributed by atoms with Crippen LogP contribution in [-0.2, 0) is 0 Å². The van der Waals surface area contributed by atoms with Crippen molar-refractivity contribution in [2.24, 2.45) is 5.92 Å². The van der Waals surface area contributed by atoms with Crippen molar-refractivity contribution < 1.29 is 5.11 Å². The van der Waals surface area contributed by atoms with Gasteiger partial charge < -0.3 is 10.0 Å². The smallest absolute Gasteiger partial charge is 0.225 e. The Morgan fingerprint density at radius 1 is 1.44 bits per heavy atom. The summed E-state index contributed by atoms with van der Waals surface area (Å²) >= 11 is 0. The number of nitrogens with zero attached hydrogens (tertiary/aromatic N) is 3. The van der Waals surface area contributed by atoms with Gasteiger partial charge in [0.2, 0.25) is 5.95 Å². The van der Waals surface area contributed by atoms with Crippen LogP contribution in [0.5, 0.6) is 0 Å². The first-order chi connectivity index (χ1) is 7.60. The molecule has 1 aliphatic heterocycles. The second kappa shape index (κ2) is 4.37. The highest BCUT2D eigenvalue weighted by Crippen LogP contribution is 2.23. The molecule has 1 aromatic heterocycles. The molecule has 0 amide bonds. The van der Waals surface area contributed by atoms with Gasteiger partial charge in [0.15, 0.2) is 0 Å². The van der Waals surface area contributed by atoms with Crippen LogP contribution in [0.4, 0.5) is 5.95 Å². The first-order valence-electron chi connectivity index (χ1n) is 5.81. The van der Waals surface area contributed by atoms with Gasteiger partial charge in [0, 0.05) is 37.0 Å². The van der Waals surface area contributed by atoms with E-state index >= 15 is 0 Å². The largest absolute Gasteiger partial charge is 0.396 e. The lowest BCUT2D eigenvalue weighted by Crippen LogP contribution is -2.49. The molecule has 1 saturated heterocycles. The van der Waals surface area contributed by atoms with Gasteiger partial charge in [-0.3, -0.25) is 0 Å². The number of aryl methyl sites for hydroxylation is 1. The van der Waals surface area contributed by atoms with Crippen molar-refractivity contribution in [3.05, 3.63) is 17.5 Å². The Hall–Kier alpha value is -1.16. The molecule has 16 heavy (non-hydrogen) atoms. The molecule has 0 radical (unpaired) electrons. The molecule has 1 N–H and O–H groups in total. The Bertz CT molecular complexity index is 373. The third-order valence-electron chi connectivity index (χ3n) is 2.95. The van der Waals surface area contributed by atoms with E-state index in [0.29, 0.717) is 11.8 Å². The monoisotopic (exact) mass is 221 g/mol. The summed E-state index contributed by atoms with van der Waals surface area (Å²) in [5.41, 5.74) is 2.11. The Morgan fingerprint density at radius 3 is 2.69 bits per heavy atom. The highest BCUT2D eigenvalue weighted by molar-refractivity contribution is 5.36. The lowest BCUT2D eigenvalue weighted by Gasteiger charge is -2.38. The Labute approximate surface area is 96.3 Å². The van der Waals surface area contributed by atoms with Crippen molar-refractivity contribution in [1.29, 1.82) is 0 Å². The van der Waals surface area contributed by atoms with Crippen molar-refractivity contribution in [2.45, 2.75) is 26.7 Å². The molecule has 4 nitrogen and oxygen atoms in total. The SMILES string of the molecule is Cc1cc(C(C)C)nc(N2CC(CO)C2)n1. The fourth-order valence-electron chi connectivity index (χ4n) is 1.86. The number of anilines is 1. The summed E-state index contributed by atoms with van der Waals surface area (Å²) in [6.07, 6.45) is 0. The highest BCUT2D eigenvalue weighted by atomic mass is 16.3. The van der Waals surface area contributed by atoms with Gasteiger partial charge in [-0.25, -0.2) is 9.97 Å². The van der Waals surface area contributed by atoms with Gasteiger partial charge in [0.1, 0.15) is 0 Å². The number of hydrogen-bond acceptors (Lipinski definition) is 4. The second-order valence-corrected chi connectivity index (χ2v) is 4.84. The van der Waals surface area contributed by atoms with Gasteiger partial charge in [-0.2, -0.15) is 0 Å². The van der Waals surface area contributed by atoms with Crippen LogP contribution in [0.1, 0.15) is 31.2 Å². The number of hydrogen-bond donors (Lipinski definition) is 1. The first kappa shape index (κ1) is 11.3. The highest BCUT2D eigenvalue weighted by Gasteiger charge is 2.28. The predicted octanol–water partition coefficient (Wildman–Crippen LogP) is 1.34. The zero-order valence-electron chi connectivity index (χ0n) is 10.1. The van der Waals surface area contributed by atoms with E-state index in [1.807, 2.05) is 13.0 Å². The Balaban J connectivity index is 2.16. The maximum Gasteiger partial charge on any atom is 0.225 e. The molecule has 2 rings (SSSR count). The van der Waals surface area contributed by atoms with Crippen LogP contribution in [-0.4, -0.2) is 34.8 Å². The van der Waals surface area contributed by atoms with E-state index in [9.17, 15) is 0 Å². The molecule has 1 aliphatic rings. The molecule has 1 fully saturated rings. The summed E-state index contributed by atoms with van der Waals surface area (Å²) in [5.74, 6) is 1.63. The minimum absolute atomic E-state index is 0.263. The molecular weight excluding hydrogens is 202 g/mol. The Kier molecular flexibility index (Phi) is 3.10. The normalized spacial score (nSPS) is 16.7. The molecule has 0 aromatic carbocycles. The lowest BCUT2D eigenvalue weighted by molar-refractivity contribution is 0.199. The van der Waals surface area contributed by atoms with E-state index in [-0.39, 0.29) is 6.61 Å². The molecule has 0 unspecified atom stereocenters. The van der Waals surface area contributed by atoms with Gasteiger partial charge in [0.25, 0.3) is 0 Å². The number of aromatic nitrogens is 2. The molecule has 1 aromatic rings. The van der Waals surface area contributed by atoms with E-state index in [2.05, 4.69) is 28.7 Å². The number of aliphatic hydroxyl groups excluding tert-OH is 1. The summed E-state index contributed by atoms with van der Waals surface area (Å²) in [6, 6.07) is 2.04. The van der Waals surface area contributed by atoms with Crippen LogP contribution in [0.3, 0.4) is 0 Å². The van der Waals surface area contributed by atoms with Crippen LogP contribution in [0.2, 0.25) is 0 Å². The number of rotatable bonds is 3. The zero-order chi connectivity index (χ0) is 11.7. The molecule has 0 bridgehead atoms. The van der Waals surface area contributed by atoms with Crippen LogP contribution < -0.4 is 4.90 Å². The van der Waals surface area contributed by atoms with Crippen LogP contribution in [0, 0.1) is 12.8 Å². The fourth-order valence-corrected chi connectivity index (χ4v) is 1.86. The first-order valence-corrected chi connectivity index (χ1v) is 5.81. The zero-order valence-corrected chi connectivity index (χ0v) is 10.1. The van der Waals surface area contributed by atoms with Crippen LogP contribution in [0.15, 0.2) is 6.07 Å². The summed E-state index contributed by atoms with van der Waals surface area (Å²) < 4.78 is 0. The van der Waals surface area contributed by atoms with Gasteiger partial charge in [-0.05, 0) is 18.9 Å². The maximum atomic E-state index is 8.98. The van der Waals surface area contributed by atoms with E-state index in [4.69, 9.17) is 5.11 Å². The summed E-state index contributed by atoms with van der Waals surface area (Å²) in [5, 5.41) is 8.98. The summed E-state index contributed by atoms with van der Waals surface area (Å²) in [6.45, 7) is 8.28. The molecular formula is C12H19N3O. The van der Waals surface area contributed by atoms with E-state index in [1.54, 1.807) is 0 Å².